The third-order valence-electron chi connectivity index (χ3n) is 6.20. The van der Waals surface area contributed by atoms with Crippen molar-refractivity contribution in [2.75, 3.05) is 20.1 Å². The zero-order valence-corrected chi connectivity index (χ0v) is 17.7. The van der Waals surface area contributed by atoms with Crippen LogP contribution in [0.1, 0.15) is 11.5 Å². The fourth-order valence-electron chi connectivity index (χ4n) is 4.72. The van der Waals surface area contributed by atoms with Gasteiger partial charge in [-0.15, -0.1) is 0 Å². The fraction of sp³-hybridized carbons (Fsp3) is 0.240. The molecule has 1 aliphatic carbocycles. The molecule has 0 bridgehead atoms. The number of para-hydroxylation sites is 1. The first-order valence-electron chi connectivity index (χ1n) is 10.3. The zero-order chi connectivity index (χ0) is 22.9. The molecule has 0 spiro atoms. The first-order valence-corrected chi connectivity index (χ1v) is 10.3. The lowest BCUT2D eigenvalue weighted by Crippen LogP contribution is -2.49. The number of likely N-dealkylation sites (N-methyl/N-ethyl adjacent to an activating group) is 1. The average molecular weight is 425 g/mol. The van der Waals surface area contributed by atoms with Crippen LogP contribution in [-0.4, -0.2) is 30.9 Å². The molecule has 7 nitrogen and oxygen atoms in total. The lowest BCUT2D eigenvalue weighted by Gasteiger charge is -2.45. The molecule has 0 aromatic heterocycles. The molecule has 1 amide bonds. The van der Waals surface area contributed by atoms with Crippen molar-refractivity contribution in [2.24, 2.45) is 22.8 Å². The van der Waals surface area contributed by atoms with E-state index in [0.717, 1.165) is 5.56 Å². The minimum atomic E-state index is -1.72. The van der Waals surface area contributed by atoms with Gasteiger partial charge in [-0.05, 0) is 42.4 Å². The van der Waals surface area contributed by atoms with E-state index in [2.05, 4.69) is 17.0 Å². The fourth-order valence-corrected chi connectivity index (χ4v) is 4.72. The average Bonchev–Trinajstić information content (AvgIpc) is 2.80. The molecule has 0 fully saturated rings. The van der Waals surface area contributed by atoms with Gasteiger partial charge in [0.2, 0.25) is 0 Å². The number of primary amides is 1. The molecule has 4 N–H and O–H groups in total. The number of ether oxygens (including phenoxy) is 1. The summed E-state index contributed by atoms with van der Waals surface area (Å²) in [5.41, 5.74) is 11.8. The number of rotatable bonds is 4. The van der Waals surface area contributed by atoms with Crippen molar-refractivity contribution in [2.45, 2.75) is 5.92 Å². The number of hydrogen-bond acceptors (Lipinski definition) is 6. The van der Waals surface area contributed by atoms with Crippen molar-refractivity contribution >= 4 is 5.91 Å². The Hall–Kier alpha value is -4.07. The third-order valence-corrected chi connectivity index (χ3v) is 6.20. The predicted molar refractivity (Wildman–Crippen MR) is 119 cm³/mol. The number of allylic oxidation sites excluding steroid dienone is 1. The molecule has 1 aliphatic heterocycles. The van der Waals surface area contributed by atoms with Gasteiger partial charge >= 0.3 is 0 Å². The van der Waals surface area contributed by atoms with E-state index < -0.39 is 17.2 Å². The molecule has 4 rings (SSSR count). The Morgan fingerprint density at radius 2 is 1.72 bits per heavy atom. The highest BCUT2D eigenvalue weighted by Gasteiger charge is 2.54. The molecule has 32 heavy (non-hydrogen) atoms. The second kappa shape index (κ2) is 8.22. The highest BCUT2D eigenvalue weighted by atomic mass is 16.5. The van der Waals surface area contributed by atoms with Crippen LogP contribution in [0.3, 0.4) is 0 Å². The van der Waals surface area contributed by atoms with E-state index in [1.807, 2.05) is 55.6 Å². The molecular weight excluding hydrogens is 402 g/mol. The maximum absolute atomic E-state index is 12.3. The summed E-state index contributed by atoms with van der Waals surface area (Å²) in [6.07, 6.45) is 1.92. The zero-order valence-electron chi connectivity index (χ0n) is 17.7. The van der Waals surface area contributed by atoms with Crippen LogP contribution in [0.15, 0.2) is 77.5 Å². The minimum Gasteiger partial charge on any atom is -0.457 e. The Bertz CT molecular complexity index is 1170. The van der Waals surface area contributed by atoms with Gasteiger partial charge in [-0.1, -0.05) is 36.4 Å². The van der Waals surface area contributed by atoms with E-state index >= 15 is 0 Å². The summed E-state index contributed by atoms with van der Waals surface area (Å²) < 4.78 is 5.87. The number of amides is 1. The highest BCUT2D eigenvalue weighted by Crippen LogP contribution is 2.54. The Morgan fingerprint density at radius 1 is 1.09 bits per heavy atom. The quantitative estimate of drug-likeness (QED) is 0.775. The molecule has 7 heteroatoms. The van der Waals surface area contributed by atoms with Crippen LogP contribution in [0.4, 0.5) is 0 Å². The van der Waals surface area contributed by atoms with Crippen molar-refractivity contribution in [3.05, 3.63) is 83.1 Å². The summed E-state index contributed by atoms with van der Waals surface area (Å²) in [5.74, 6) is -0.237. The molecular formula is C25H23N5O2. The molecule has 0 saturated carbocycles. The van der Waals surface area contributed by atoms with Gasteiger partial charge in [0.05, 0.1) is 23.4 Å². The van der Waals surface area contributed by atoms with Gasteiger partial charge in [-0.3, -0.25) is 4.79 Å². The van der Waals surface area contributed by atoms with Crippen molar-refractivity contribution in [1.29, 1.82) is 10.5 Å². The summed E-state index contributed by atoms with van der Waals surface area (Å²) in [7, 11) is 1.95. The van der Waals surface area contributed by atoms with E-state index in [1.54, 1.807) is 12.1 Å². The first kappa shape index (κ1) is 21.2. The van der Waals surface area contributed by atoms with Crippen molar-refractivity contribution < 1.29 is 9.53 Å². The van der Waals surface area contributed by atoms with Gasteiger partial charge in [0.25, 0.3) is 5.91 Å². The number of benzene rings is 2. The van der Waals surface area contributed by atoms with Crippen LogP contribution in [-0.2, 0) is 4.79 Å². The van der Waals surface area contributed by atoms with Crippen molar-refractivity contribution in [1.82, 2.24) is 4.90 Å². The first-order chi connectivity index (χ1) is 15.4. The van der Waals surface area contributed by atoms with Crippen LogP contribution in [0.2, 0.25) is 0 Å². The van der Waals surface area contributed by atoms with Crippen LogP contribution < -0.4 is 16.2 Å². The number of hydrogen-bond donors (Lipinski definition) is 2. The van der Waals surface area contributed by atoms with Gasteiger partial charge in [-0.2, -0.15) is 10.5 Å². The standard InChI is InChI=1S/C25H23N5O2/c1-30-12-11-19-20(13-30)22(25(14-26,15-27)23(28)21(19)24(29)31)16-7-9-18(10-8-16)32-17-5-3-2-4-6-17/h2-11,20,22H,12-13,28H2,1H3,(H2,29,31). The molecule has 2 aliphatic rings. The second-order valence-corrected chi connectivity index (χ2v) is 8.13. The second-order valence-electron chi connectivity index (χ2n) is 8.13. The van der Waals surface area contributed by atoms with Gasteiger partial charge in [0.1, 0.15) is 11.5 Å². The van der Waals surface area contributed by atoms with Crippen molar-refractivity contribution in [3.63, 3.8) is 0 Å². The molecule has 2 aromatic carbocycles. The third kappa shape index (κ3) is 3.39. The summed E-state index contributed by atoms with van der Waals surface area (Å²) in [6, 6.07) is 21.0. The molecule has 0 radical (unpaired) electrons. The van der Waals surface area contributed by atoms with Crippen LogP contribution in [0.25, 0.3) is 0 Å². The normalized spacial score (nSPS) is 22.2. The van der Waals surface area contributed by atoms with Gasteiger partial charge in [0, 0.05) is 24.9 Å². The van der Waals surface area contributed by atoms with Crippen LogP contribution >= 0.6 is 0 Å². The lowest BCUT2D eigenvalue weighted by molar-refractivity contribution is -0.114. The minimum absolute atomic E-state index is 0.0725. The summed E-state index contributed by atoms with van der Waals surface area (Å²) in [6.45, 7) is 1.19. The topological polar surface area (TPSA) is 129 Å². The number of carbonyl (C=O) groups excluding carboxylic acids is 1. The number of fused-ring (bicyclic) bond motifs is 1. The lowest BCUT2D eigenvalue weighted by atomic mass is 9.58. The van der Waals surface area contributed by atoms with E-state index in [1.165, 1.54) is 0 Å². The molecule has 2 atom stereocenters. The SMILES string of the molecule is CN1CC=C2C(C(N)=O)=C(N)C(C#N)(C#N)C(c3ccc(Oc4ccccc4)cc3)C2C1. The molecule has 0 saturated heterocycles. The maximum atomic E-state index is 12.3. The number of carbonyl (C=O) groups is 1. The number of nitriles is 2. The highest BCUT2D eigenvalue weighted by molar-refractivity contribution is 5.98. The van der Waals surface area contributed by atoms with Crippen molar-refractivity contribution in [3.8, 4) is 23.6 Å². The Balaban J connectivity index is 1.82. The monoisotopic (exact) mass is 425 g/mol. The number of nitrogens with two attached hydrogens (primary N) is 2. The summed E-state index contributed by atoms with van der Waals surface area (Å²) in [4.78, 5) is 14.4. The maximum Gasteiger partial charge on any atom is 0.250 e. The summed E-state index contributed by atoms with van der Waals surface area (Å²) in [5, 5.41) is 20.3. The Labute approximate surface area is 186 Å². The largest absolute Gasteiger partial charge is 0.457 e. The molecule has 1 heterocycles. The molecule has 160 valence electrons. The summed E-state index contributed by atoms with van der Waals surface area (Å²) >= 11 is 0. The smallest absolute Gasteiger partial charge is 0.250 e. The van der Waals surface area contributed by atoms with Gasteiger partial charge in [-0.25, -0.2) is 0 Å². The predicted octanol–water partition coefficient (Wildman–Crippen LogP) is 2.80. The Morgan fingerprint density at radius 3 is 2.31 bits per heavy atom. The van der Waals surface area contributed by atoms with Crippen LogP contribution in [0, 0.1) is 34.0 Å². The van der Waals surface area contributed by atoms with E-state index in [0.29, 0.717) is 30.2 Å². The van der Waals surface area contributed by atoms with Gasteiger partial charge < -0.3 is 21.1 Å². The van der Waals surface area contributed by atoms with E-state index in [9.17, 15) is 15.3 Å². The van der Waals surface area contributed by atoms with E-state index in [4.69, 9.17) is 16.2 Å². The van der Waals surface area contributed by atoms with Gasteiger partial charge in [0.15, 0.2) is 5.41 Å². The molecule has 2 aromatic rings. The Kier molecular flexibility index (Phi) is 5.44. The van der Waals surface area contributed by atoms with Crippen LogP contribution in [0.5, 0.6) is 11.5 Å². The van der Waals surface area contributed by atoms with E-state index in [-0.39, 0.29) is 17.2 Å². The molecule has 2 unspecified atom stereocenters. The number of nitrogens with zero attached hydrogens (tertiary/aromatic N) is 3.